The topological polar surface area (TPSA) is 17.0 Å². The molecule has 2 heterocycles. The van der Waals surface area contributed by atoms with Crippen LogP contribution in [-0.4, -0.2) is 8.07 Å². The summed E-state index contributed by atoms with van der Waals surface area (Å²) in [6, 6.07) is 17.2. The Kier molecular flexibility index (Phi) is 2.72. The molecule has 0 N–H and O–H groups in total. The van der Waals surface area contributed by atoms with Crippen molar-refractivity contribution in [2.45, 2.75) is 20.0 Å². The van der Waals surface area contributed by atoms with Gasteiger partial charge >= 0.3 is 5.89 Å². The highest BCUT2D eigenvalue weighted by Crippen LogP contribution is 2.30. The van der Waals surface area contributed by atoms with Crippen molar-refractivity contribution in [2.24, 2.45) is 7.05 Å². The van der Waals surface area contributed by atoms with Gasteiger partial charge in [0.2, 0.25) is 5.69 Å². The molecule has 1 aliphatic rings. The molecule has 2 aromatic carbocycles. The van der Waals surface area contributed by atoms with Gasteiger partial charge in [0.25, 0.3) is 0 Å². The summed E-state index contributed by atoms with van der Waals surface area (Å²) in [5.41, 5.74) is 5.05. The monoisotopic (exact) mass is 306 g/mol. The number of benzene rings is 2. The van der Waals surface area contributed by atoms with Crippen LogP contribution in [0.3, 0.4) is 0 Å². The Morgan fingerprint density at radius 2 is 1.55 bits per heavy atom. The van der Waals surface area contributed by atoms with E-state index in [0.29, 0.717) is 0 Å². The third-order valence-corrected chi connectivity index (χ3v) is 8.11. The smallest absolute Gasteiger partial charge is 0.380 e. The van der Waals surface area contributed by atoms with E-state index in [2.05, 4.69) is 80.2 Å². The fourth-order valence-corrected chi connectivity index (χ4v) is 6.48. The number of oxazole rings is 1. The van der Waals surface area contributed by atoms with E-state index < -0.39 is 8.07 Å². The first-order valence-corrected chi connectivity index (χ1v) is 10.7. The van der Waals surface area contributed by atoms with Crippen molar-refractivity contribution in [3.63, 3.8) is 0 Å². The van der Waals surface area contributed by atoms with Crippen molar-refractivity contribution in [2.75, 3.05) is 0 Å². The van der Waals surface area contributed by atoms with Crippen molar-refractivity contribution in [3.8, 4) is 22.7 Å². The van der Waals surface area contributed by atoms with E-state index in [0.717, 1.165) is 5.89 Å². The number of aromatic nitrogens is 1. The summed E-state index contributed by atoms with van der Waals surface area (Å²) in [5.74, 6) is 0.971. The molecular weight excluding hydrogens is 286 g/mol. The average molecular weight is 306 g/mol. The van der Waals surface area contributed by atoms with E-state index in [1.54, 1.807) is 0 Å². The van der Waals surface area contributed by atoms with Gasteiger partial charge in [-0.05, 0) is 29.8 Å². The molecule has 3 aromatic rings. The van der Waals surface area contributed by atoms with E-state index >= 15 is 0 Å². The Balaban J connectivity index is 2.03. The molecule has 0 spiro atoms. The number of fused-ring (bicyclic) bond motifs is 3. The lowest BCUT2D eigenvalue weighted by atomic mass is 10.1. The Hall–Kier alpha value is -2.13. The van der Waals surface area contributed by atoms with Gasteiger partial charge in [0.15, 0.2) is 13.5 Å². The van der Waals surface area contributed by atoms with Crippen LogP contribution in [0.15, 0.2) is 52.9 Å². The second-order valence-electron chi connectivity index (χ2n) is 6.63. The molecule has 0 radical (unpaired) electrons. The van der Waals surface area contributed by atoms with Gasteiger partial charge in [-0.2, -0.15) is 4.57 Å². The van der Waals surface area contributed by atoms with Crippen LogP contribution < -0.4 is 15.1 Å². The molecule has 3 heteroatoms. The lowest BCUT2D eigenvalue weighted by Gasteiger charge is -2.14. The second-order valence-corrected chi connectivity index (χ2v) is 10.9. The van der Waals surface area contributed by atoms with Crippen LogP contribution >= 0.6 is 0 Å². The first-order chi connectivity index (χ1) is 10.5. The quantitative estimate of drug-likeness (QED) is 0.499. The Morgan fingerprint density at radius 3 is 2.27 bits per heavy atom. The summed E-state index contributed by atoms with van der Waals surface area (Å²) >= 11 is 0. The SMILES string of the molecule is Cc1ccccc1-c1oc2c([n+]1C)-c1ccccc1[Si]2(C)C. The maximum Gasteiger partial charge on any atom is 0.380 e. The van der Waals surface area contributed by atoms with Gasteiger partial charge in [-0.15, -0.1) is 0 Å². The average Bonchev–Trinajstić information content (AvgIpc) is 2.96. The highest BCUT2D eigenvalue weighted by atomic mass is 28.3. The summed E-state index contributed by atoms with van der Waals surface area (Å²) in [5, 5.41) is 2.69. The van der Waals surface area contributed by atoms with Crippen LogP contribution in [0.5, 0.6) is 0 Å². The minimum atomic E-state index is -1.73. The zero-order valence-electron chi connectivity index (χ0n) is 13.5. The maximum absolute atomic E-state index is 6.45. The number of rotatable bonds is 1. The van der Waals surface area contributed by atoms with Crippen molar-refractivity contribution in [1.29, 1.82) is 0 Å². The van der Waals surface area contributed by atoms with E-state index in [4.69, 9.17) is 4.42 Å². The molecule has 1 aliphatic heterocycles. The van der Waals surface area contributed by atoms with Gasteiger partial charge in [0, 0.05) is 5.56 Å². The lowest BCUT2D eigenvalue weighted by Crippen LogP contribution is -2.49. The van der Waals surface area contributed by atoms with Crippen molar-refractivity contribution < 1.29 is 8.98 Å². The minimum absolute atomic E-state index is 0.971. The molecule has 22 heavy (non-hydrogen) atoms. The largest absolute Gasteiger partial charge is 0.407 e. The molecular formula is C19H20NOSi+. The van der Waals surface area contributed by atoms with Crippen LogP contribution in [0, 0.1) is 6.92 Å². The Morgan fingerprint density at radius 1 is 0.909 bits per heavy atom. The Bertz CT molecular complexity index is 892. The third-order valence-electron chi connectivity index (χ3n) is 4.85. The molecule has 0 unspecified atom stereocenters. The van der Waals surface area contributed by atoms with Gasteiger partial charge in [0.1, 0.15) is 7.05 Å². The molecule has 0 saturated heterocycles. The van der Waals surface area contributed by atoms with Crippen LogP contribution in [0.1, 0.15) is 5.56 Å². The molecule has 0 fully saturated rings. The van der Waals surface area contributed by atoms with Crippen molar-refractivity contribution in [3.05, 3.63) is 54.1 Å². The van der Waals surface area contributed by atoms with E-state index in [1.807, 2.05) is 0 Å². The Labute approximate surface area is 132 Å². The zero-order chi connectivity index (χ0) is 15.5. The lowest BCUT2D eigenvalue weighted by molar-refractivity contribution is -0.651. The van der Waals surface area contributed by atoms with Gasteiger partial charge < -0.3 is 4.42 Å². The third kappa shape index (κ3) is 1.63. The molecule has 1 aromatic heterocycles. The van der Waals surface area contributed by atoms with Crippen LogP contribution in [0.25, 0.3) is 22.7 Å². The zero-order valence-corrected chi connectivity index (χ0v) is 14.5. The summed E-state index contributed by atoms with van der Waals surface area (Å²) in [7, 11) is 0.392. The fourth-order valence-electron chi connectivity index (χ4n) is 3.60. The molecule has 0 amide bonds. The molecule has 4 rings (SSSR count). The fraction of sp³-hybridized carbons (Fsp3) is 0.211. The number of nitrogens with zero attached hydrogens (tertiary/aromatic N) is 1. The molecule has 0 atom stereocenters. The summed E-state index contributed by atoms with van der Waals surface area (Å²) in [4.78, 5) is 0. The van der Waals surface area contributed by atoms with Crippen LogP contribution in [-0.2, 0) is 7.05 Å². The minimum Gasteiger partial charge on any atom is -0.407 e. The highest BCUT2D eigenvalue weighted by molar-refractivity contribution is 7.02. The van der Waals surface area contributed by atoms with E-state index in [-0.39, 0.29) is 0 Å². The molecule has 0 saturated carbocycles. The van der Waals surface area contributed by atoms with Gasteiger partial charge in [-0.25, -0.2) is 0 Å². The number of hydrogen-bond donors (Lipinski definition) is 0. The van der Waals surface area contributed by atoms with Crippen LogP contribution in [0.4, 0.5) is 0 Å². The predicted molar refractivity (Wildman–Crippen MR) is 92.2 cm³/mol. The van der Waals surface area contributed by atoms with E-state index in [9.17, 15) is 0 Å². The standard InChI is InChI=1S/C19H20NOSi/c1-13-9-5-6-10-14(13)18-20(2)17-15-11-7-8-12-16(15)22(3,4)19(17)21-18/h5-12H,1-4H3/q+1. The first kappa shape index (κ1) is 13.5. The maximum atomic E-state index is 6.45. The summed E-state index contributed by atoms with van der Waals surface area (Å²) in [6.07, 6.45) is 0. The molecule has 0 bridgehead atoms. The van der Waals surface area contributed by atoms with Gasteiger partial charge in [0.05, 0.1) is 5.56 Å². The summed E-state index contributed by atoms with van der Waals surface area (Å²) < 4.78 is 8.68. The second kappa shape index (κ2) is 4.43. The number of aryl methyl sites for hydroxylation is 1. The van der Waals surface area contributed by atoms with E-state index in [1.165, 1.54) is 33.0 Å². The molecule has 0 aliphatic carbocycles. The molecule has 110 valence electrons. The number of hydrogen-bond acceptors (Lipinski definition) is 1. The predicted octanol–water partition coefficient (Wildman–Crippen LogP) is 2.88. The summed E-state index contributed by atoms with van der Waals surface area (Å²) in [6.45, 7) is 6.89. The van der Waals surface area contributed by atoms with Crippen LogP contribution in [0.2, 0.25) is 13.1 Å². The van der Waals surface area contributed by atoms with Gasteiger partial charge in [-0.1, -0.05) is 49.5 Å². The van der Waals surface area contributed by atoms with Crippen molar-refractivity contribution >= 4 is 18.6 Å². The van der Waals surface area contributed by atoms with Crippen molar-refractivity contribution in [1.82, 2.24) is 0 Å². The molecule has 2 nitrogen and oxygen atoms in total. The highest BCUT2D eigenvalue weighted by Gasteiger charge is 2.48. The first-order valence-electron chi connectivity index (χ1n) is 7.71. The normalized spacial score (nSPS) is 14.7. The van der Waals surface area contributed by atoms with Gasteiger partial charge in [-0.3, -0.25) is 0 Å².